The number of hydrogen-bond acceptors (Lipinski definition) is 0. The van der Waals surface area contributed by atoms with Crippen molar-refractivity contribution >= 4 is 51.7 Å². The van der Waals surface area contributed by atoms with E-state index in [0.29, 0.717) is 0 Å². The van der Waals surface area contributed by atoms with E-state index in [1.54, 1.807) is 0 Å². The lowest BCUT2D eigenvalue weighted by atomic mass is 10.2. The van der Waals surface area contributed by atoms with Gasteiger partial charge in [0.15, 0.2) is 0 Å². The Bertz CT molecular complexity index is 1180. The molecule has 0 saturated carbocycles. The van der Waals surface area contributed by atoms with E-state index < -0.39 is 7.92 Å². The van der Waals surface area contributed by atoms with Gasteiger partial charge >= 0.3 is 0 Å². The first-order chi connectivity index (χ1) is 14.7. The highest BCUT2D eigenvalue weighted by Crippen LogP contribution is 2.33. The van der Waals surface area contributed by atoms with Gasteiger partial charge in [0.2, 0.25) is 0 Å². The van der Waals surface area contributed by atoms with Crippen molar-refractivity contribution in [3.05, 3.63) is 127 Å². The summed E-state index contributed by atoms with van der Waals surface area (Å²) < 4.78 is 2.12. The minimum atomic E-state index is -0.467. The summed E-state index contributed by atoms with van der Waals surface area (Å²) in [5.41, 5.74) is 2.66. The van der Waals surface area contributed by atoms with E-state index >= 15 is 0 Å². The highest BCUT2D eigenvalue weighted by atomic mass is 79.9. The summed E-state index contributed by atoms with van der Waals surface area (Å²) in [5.74, 6) is 0. The molecule has 0 amide bonds. The van der Waals surface area contributed by atoms with Crippen molar-refractivity contribution in [2.45, 2.75) is 6.92 Å². The molecule has 0 spiro atoms. The standard InChI is InChI=1S/C19H17P.C9H9N.BrH/c1-16-10-8-9-15-19(16)20(17-11-4-2-5-12-17)18-13-6-3-7-14-18;1-10-7-6-8-4-2-3-5-9(8)10;/h2-15H,1H3;2-7H,1H3;1H. The van der Waals surface area contributed by atoms with Crippen LogP contribution in [0.2, 0.25) is 0 Å². The second-order valence-corrected chi connectivity index (χ2v) is 9.46. The number of fused-ring (bicyclic) bond motifs is 1. The molecule has 0 radical (unpaired) electrons. The number of para-hydroxylation sites is 1. The van der Waals surface area contributed by atoms with Gasteiger partial charge in [-0.05, 0) is 53.8 Å². The summed E-state index contributed by atoms with van der Waals surface area (Å²) in [6.45, 7) is 2.20. The number of hydrogen-bond donors (Lipinski definition) is 0. The molecule has 4 aromatic carbocycles. The number of rotatable bonds is 3. The van der Waals surface area contributed by atoms with Crippen molar-refractivity contribution in [3.8, 4) is 0 Å². The fraction of sp³-hybridized carbons (Fsp3) is 0.0714. The Morgan fingerprint density at radius 1 is 0.581 bits per heavy atom. The molecule has 0 atom stereocenters. The Morgan fingerprint density at radius 2 is 1.10 bits per heavy atom. The van der Waals surface area contributed by atoms with E-state index in [-0.39, 0.29) is 17.0 Å². The fourth-order valence-corrected chi connectivity index (χ4v) is 6.08. The van der Waals surface area contributed by atoms with E-state index in [1.807, 2.05) is 0 Å². The summed E-state index contributed by atoms with van der Waals surface area (Å²) in [4.78, 5) is 0. The molecule has 3 heteroatoms. The first-order valence-electron chi connectivity index (χ1n) is 10.2. The van der Waals surface area contributed by atoms with Crippen molar-refractivity contribution in [2.24, 2.45) is 7.05 Å². The van der Waals surface area contributed by atoms with Gasteiger partial charge < -0.3 is 4.57 Å². The molecule has 5 rings (SSSR count). The second-order valence-electron chi connectivity index (χ2n) is 7.28. The van der Waals surface area contributed by atoms with E-state index in [1.165, 1.54) is 32.4 Å². The molecule has 0 aliphatic heterocycles. The average molecular weight is 488 g/mol. The molecule has 0 fully saturated rings. The molecule has 0 bridgehead atoms. The van der Waals surface area contributed by atoms with Gasteiger partial charge in [0.05, 0.1) is 0 Å². The van der Waals surface area contributed by atoms with Crippen LogP contribution in [0.3, 0.4) is 0 Å². The molecule has 1 heterocycles. The van der Waals surface area contributed by atoms with Gasteiger partial charge in [0.25, 0.3) is 0 Å². The molecule has 1 aromatic heterocycles. The first kappa shape index (κ1) is 23.0. The molecule has 0 N–H and O–H groups in total. The van der Waals surface area contributed by atoms with Crippen molar-refractivity contribution in [2.75, 3.05) is 0 Å². The maximum absolute atomic E-state index is 2.26. The summed E-state index contributed by atoms with van der Waals surface area (Å²) in [6.07, 6.45) is 2.07. The third-order valence-corrected chi connectivity index (χ3v) is 7.79. The Balaban J connectivity index is 0.000000208. The van der Waals surface area contributed by atoms with E-state index in [0.717, 1.165) is 0 Å². The van der Waals surface area contributed by atoms with Gasteiger partial charge in [-0.3, -0.25) is 0 Å². The zero-order chi connectivity index (χ0) is 20.8. The van der Waals surface area contributed by atoms with Gasteiger partial charge in [0.1, 0.15) is 0 Å². The van der Waals surface area contributed by atoms with Crippen LogP contribution in [0.15, 0.2) is 121 Å². The van der Waals surface area contributed by atoms with Crippen LogP contribution < -0.4 is 15.9 Å². The maximum atomic E-state index is 2.26. The highest BCUT2D eigenvalue weighted by molar-refractivity contribution is 8.93. The van der Waals surface area contributed by atoms with Crippen molar-refractivity contribution in [1.82, 2.24) is 4.57 Å². The normalized spacial score (nSPS) is 10.3. The Kier molecular flexibility index (Phi) is 8.23. The second kappa shape index (κ2) is 11.1. The smallest absolute Gasteiger partial charge is 0.0477 e. The number of aryl methyl sites for hydroxylation is 2. The minimum Gasteiger partial charge on any atom is -0.351 e. The summed E-state index contributed by atoms with van der Waals surface area (Å²) in [7, 11) is 1.59. The Morgan fingerprint density at radius 3 is 1.68 bits per heavy atom. The molecule has 31 heavy (non-hydrogen) atoms. The molecule has 0 saturated heterocycles. The minimum absolute atomic E-state index is 0. The Hall–Kier alpha value is -2.67. The third kappa shape index (κ3) is 5.53. The average Bonchev–Trinajstić information content (AvgIpc) is 3.18. The predicted molar refractivity (Wildman–Crippen MR) is 143 cm³/mol. The van der Waals surface area contributed by atoms with Crippen LogP contribution >= 0.6 is 24.9 Å². The van der Waals surface area contributed by atoms with Crippen molar-refractivity contribution in [1.29, 1.82) is 0 Å². The number of halogens is 1. The lowest BCUT2D eigenvalue weighted by molar-refractivity contribution is 0.969. The van der Waals surface area contributed by atoms with Crippen LogP contribution in [-0.4, -0.2) is 4.57 Å². The zero-order valence-corrected chi connectivity index (χ0v) is 20.5. The quantitative estimate of drug-likeness (QED) is 0.255. The molecule has 1 nitrogen and oxygen atoms in total. The van der Waals surface area contributed by atoms with Crippen molar-refractivity contribution < 1.29 is 0 Å². The van der Waals surface area contributed by atoms with Crippen LogP contribution in [0.1, 0.15) is 5.56 Å². The summed E-state index contributed by atoms with van der Waals surface area (Å²) >= 11 is 0. The molecule has 0 aliphatic rings. The van der Waals surface area contributed by atoms with Crippen LogP contribution in [-0.2, 0) is 7.05 Å². The lowest BCUT2D eigenvalue weighted by Gasteiger charge is -2.21. The van der Waals surface area contributed by atoms with Gasteiger partial charge in [-0.15, -0.1) is 17.0 Å². The van der Waals surface area contributed by atoms with Crippen LogP contribution in [0, 0.1) is 6.92 Å². The van der Waals surface area contributed by atoms with E-state index in [9.17, 15) is 0 Å². The van der Waals surface area contributed by atoms with E-state index in [4.69, 9.17) is 0 Å². The van der Waals surface area contributed by atoms with Crippen LogP contribution in [0.25, 0.3) is 10.9 Å². The monoisotopic (exact) mass is 487 g/mol. The van der Waals surface area contributed by atoms with Gasteiger partial charge in [0, 0.05) is 18.8 Å². The third-order valence-electron chi connectivity index (χ3n) is 5.18. The topological polar surface area (TPSA) is 4.93 Å². The van der Waals surface area contributed by atoms with Gasteiger partial charge in [-0.1, -0.05) is 103 Å². The van der Waals surface area contributed by atoms with Crippen molar-refractivity contribution in [3.63, 3.8) is 0 Å². The first-order valence-corrected chi connectivity index (χ1v) is 11.5. The van der Waals surface area contributed by atoms with Crippen LogP contribution in [0.4, 0.5) is 0 Å². The zero-order valence-electron chi connectivity index (χ0n) is 17.8. The number of aromatic nitrogens is 1. The summed E-state index contributed by atoms with van der Waals surface area (Å²) in [6, 6.07) is 40.9. The lowest BCUT2D eigenvalue weighted by Crippen LogP contribution is -2.22. The number of nitrogens with zero attached hydrogens (tertiary/aromatic N) is 1. The number of benzene rings is 4. The molecule has 5 aromatic rings. The van der Waals surface area contributed by atoms with Crippen LogP contribution in [0.5, 0.6) is 0 Å². The molecule has 156 valence electrons. The molecule has 0 aliphatic carbocycles. The fourth-order valence-electron chi connectivity index (χ4n) is 3.62. The predicted octanol–water partition coefficient (Wildman–Crippen LogP) is 6.51. The SMILES string of the molecule is Br.Cc1ccccc1P(c1ccccc1)c1ccccc1.Cn1ccc2ccccc21. The molecule has 0 unspecified atom stereocenters. The summed E-state index contributed by atoms with van der Waals surface area (Å²) in [5, 5.41) is 5.57. The maximum Gasteiger partial charge on any atom is 0.0477 e. The molecular weight excluding hydrogens is 461 g/mol. The Labute approximate surface area is 196 Å². The van der Waals surface area contributed by atoms with E-state index in [2.05, 4.69) is 140 Å². The molecular formula is C28H27BrNP. The largest absolute Gasteiger partial charge is 0.351 e. The van der Waals surface area contributed by atoms with Gasteiger partial charge in [-0.25, -0.2) is 0 Å². The highest BCUT2D eigenvalue weighted by Gasteiger charge is 2.17. The van der Waals surface area contributed by atoms with Gasteiger partial charge in [-0.2, -0.15) is 0 Å².